The van der Waals surface area contributed by atoms with Crippen LogP contribution < -0.4 is 14.2 Å². The monoisotopic (exact) mass is 496 g/mol. The van der Waals surface area contributed by atoms with Gasteiger partial charge < -0.3 is 29.1 Å². The number of carbonyl (C=O) groups is 2. The van der Waals surface area contributed by atoms with Gasteiger partial charge in [0.1, 0.15) is 11.5 Å². The summed E-state index contributed by atoms with van der Waals surface area (Å²) in [5.74, 6) is 0.482. The Morgan fingerprint density at radius 3 is 2.28 bits per heavy atom. The summed E-state index contributed by atoms with van der Waals surface area (Å²) in [6.45, 7) is 5.81. The van der Waals surface area contributed by atoms with Crippen LogP contribution in [0, 0.1) is 5.92 Å². The molecule has 0 bridgehead atoms. The third-order valence-electron chi connectivity index (χ3n) is 5.98. The van der Waals surface area contributed by atoms with Crippen LogP contribution in [-0.4, -0.2) is 74.6 Å². The molecule has 194 valence electrons. The summed E-state index contributed by atoms with van der Waals surface area (Å²) >= 11 is 0. The fourth-order valence-corrected chi connectivity index (χ4v) is 4.16. The molecule has 2 aromatic carbocycles. The SMILES string of the molecule is COc1ccc(C2/C(=C(/O)c3ccc(OCC(C)C)cc3)C(=O)C(=O)N2CCCN(C)C)cc1OC. The molecule has 8 heteroatoms. The molecule has 1 amide bonds. The zero-order chi connectivity index (χ0) is 26.4. The van der Waals surface area contributed by atoms with Gasteiger partial charge in [0.05, 0.1) is 32.4 Å². The van der Waals surface area contributed by atoms with E-state index in [9.17, 15) is 14.7 Å². The molecule has 1 aliphatic heterocycles. The molecule has 36 heavy (non-hydrogen) atoms. The lowest BCUT2D eigenvalue weighted by Crippen LogP contribution is -2.32. The van der Waals surface area contributed by atoms with Crippen molar-refractivity contribution in [3.8, 4) is 17.2 Å². The molecule has 0 radical (unpaired) electrons. The summed E-state index contributed by atoms with van der Waals surface area (Å²) in [7, 11) is 6.97. The number of ketones is 1. The number of methoxy groups -OCH3 is 2. The third kappa shape index (κ3) is 5.99. The highest BCUT2D eigenvalue weighted by Crippen LogP contribution is 2.42. The van der Waals surface area contributed by atoms with Crippen molar-refractivity contribution in [1.29, 1.82) is 0 Å². The Morgan fingerprint density at radius 1 is 1.03 bits per heavy atom. The van der Waals surface area contributed by atoms with Crippen molar-refractivity contribution in [3.05, 3.63) is 59.2 Å². The number of benzene rings is 2. The molecule has 8 nitrogen and oxygen atoms in total. The summed E-state index contributed by atoms with van der Waals surface area (Å²) < 4.78 is 16.5. The fourth-order valence-electron chi connectivity index (χ4n) is 4.16. The van der Waals surface area contributed by atoms with Gasteiger partial charge in [-0.2, -0.15) is 0 Å². The molecule has 1 heterocycles. The van der Waals surface area contributed by atoms with Gasteiger partial charge in [-0.15, -0.1) is 0 Å². The topological polar surface area (TPSA) is 88.5 Å². The normalized spacial score (nSPS) is 17.2. The highest BCUT2D eigenvalue weighted by atomic mass is 16.5. The minimum Gasteiger partial charge on any atom is -0.507 e. The molecule has 2 aromatic rings. The highest BCUT2D eigenvalue weighted by Gasteiger charge is 2.46. The van der Waals surface area contributed by atoms with E-state index in [2.05, 4.69) is 13.8 Å². The second kappa shape index (κ2) is 11.9. The number of likely N-dealkylation sites (tertiary alicyclic amines) is 1. The van der Waals surface area contributed by atoms with E-state index in [1.807, 2.05) is 19.0 Å². The van der Waals surface area contributed by atoms with Crippen molar-refractivity contribution in [2.24, 2.45) is 5.92 Å². The number of rotatable bonds is 11. The number of aliphatic hydroxyl groups is 1. The Morgan fingerprint density at radius 2 is 1.69 bits per heavy atom. The lowest BCUT2D eigenvalue weighted by atomic mass is 9.95. The summed E-state index contributed by atoms with van der Waals surface area (Å²) in [5, 5.41) is 11.3. The van der Waals surface area contributed by atoms with Crippen molar-refractivity contribution >= 4 is 17.4 Å². The quantitative estimate of drug-likeness (QED) is 0.285. The standard InChI is InChI=1S/C28H36N2O6/c1-18(2)17-36-21-11-8-19(9-12-21)26(31)24-25(20-10-13-22(34-5)23(16-20)35-6)30(28(33)27(24)32)15-7-14-29(3)4/h8-13,16,18,25,31H,7,14-15,17H2,1-6H3/b26-24-. The average Bonchev–Trinajstić information content (AvgIpc) is 3.11. The smallest absolute Gasteiger partial charge is 0.295 e. The van der Waals surface area contributed by atoms with Gasteiger partial charge in [-0.25, -0.2) is 0 Å². The van der Waals surface area contributed by atoms with Gasteiger partial charge in [-0.05, 0) is 74.9 Å². The van der Waals surface area contributed by atoms with E-state index in [0.717, 1.165) is 6.54 Å². The molecule has 0 aliphatic carbocycles. The largest absolute Gasteiger partial charge is 0.507 e. The lowest BCUT2D eigenvalue weighted by Gasteiger charge is -2.26. The second-order valence-electron chi connectivity index (χ2n) is 9.49. The minimum absolute atomic E-state index is 0.0490. The predicted octanol–water partition coefficient (Wildman–Crippen LogP) is 4.11. The maximum Gasteiger partial charge on any atom is 0.295 e. The van der Waals surface area contributed by atoms with Gasteiger partial charge in [0.15, 0.2) is 11.5 Å². The first-order chi connectivity index (χ1) is 17.2. The van der Waals surface area contributed by atoms with Gasteiger partial charge >= 0.3 is 0 Å². The molecular formula is C28H36N2O6. The van der Waals surface area contributed by atoms with Crippen molar-refractivity contribution < 1.29 is 28.9 Å². The zero-order valence-electron chi connectivity index (χ0n) is 21.9. The van der Waals surface area contributed by atoms with E-state index in [1.54, 1.807) is 49.6 Å². The molecular weight excluding hydrogens is 460 g/mol. The number of hydrogen-bond acceptors (Lipinski definition) is 7. The van der Waals surface area contributed by atoms with Crippen LogP contribution in [0.4, 0.5) is 0 Å². The molecule has 1 fully saturated rings. The molecule has 1 atom stereocenters. The van der Waals surface area contributed by atoms with E-state index in [1.165, 1.54) is 12.0 Å². The van der Waals surface area contributed by atoms with Crippen molar-refractivity contribution in [2.75, 3.05) is 48.0 Å². The Labute approximate surface area is 213 Å². The van der Waals surface area contributed by atoms with E-state index in [-0.39, 0.29) is 11.3 Å². The average molecular weight is 497 g/mol. The molecule has 0 aromatic heterocycles. The van der Waals surface area contributed by atoms with Gasteiger partial charge in [0.2, 0.25) is 0 Å². The van der Waals surface area contributed by atoms with E-state index in [4.69, 9.17) is 14.2 Å². The van der Waals surface area contributed by atoms with Gasteiger partial charge in [0, 0.05) is 12.1 Å². The first-order valence-electron chi connectivity index (χ1n) is 12.1. The first kappa shape index (κ1) is 27.1. The van der Waals surface area contributed by atoms with Crippen LogP contribution in [0.5, 0.6) is 17.2 Å². The number of hydrogen-bond donors (Lipinski definition) is 1. The number of Topliss-reactive ketones (excluding diaryl/α,β-unsaturated/α-hetero) is 1. The van der Waals surface area contributed by atoms with Crippen LogP contribution in [0.15, 0.2) is 48.0 Å². The van der Waals surface area contributed by atoms with Crippen LogP contribution >= 0.6 is 0 Å². The molecule has 1 aliphatic rings. The summed E-state index contributed by atoms with van der Waals surface area (Å²) in [4.78, 5) is 29.9. The lowest BCUT2D eigenvalue weighted by molar-refractivity contribution is -0.139. The molecule has 1 N–H and O–H groups in total. The molecule has 0 spiro atoms. The zero-order valence-corrected chi connectivity index (χ0v) is 21.9. The van der Waals surface area contributed by atoms with Crippen LogP contribution in [-0.2, 0) is 9.59 Å². The van der Waals surface area contributed by atoms with E-state index >= 15 is 0 Å². The van der Waals surface area contributed by atoms with Gasteiger partial charge in [0.25, 0.3) is 11.7 Å². The van der Waals surface area contributed by atoms with Crippen LogP contribution in [0.1, 0.15) is 37.4 Å². The van der Waals surface area contributed by atoms with Gasteiger partial charge in [-0.3, -0.25) is 9.59 Å². The molecule has 1 saturated heterocycles. The summed E-state index contributed by atoms with van der Waals surface area (Å²) in [6, 6.07) is 11.4. The molecule has 0 saturated carbocycles. The third-order valence-corrected chi connectivity index (χ3v) is 5.98. The predicted molar refractivity (Wildman–Crippen MR) is 139 cm³/mol. The number of ether oxygens (including phenoxy) is 3. The number of nitrogens with zero attached hydrogens (tertiary/aromatic N) is 2. The highest BCUT2D eigenvalue weighted by molar-refractivity contribution is 6.46. The van der Waals surface area contributed by atoms with Crippen LogP contribution in [0.25, 0.3) is 5.76 Å². The number of carbonyl (C=O) groups excluding carboxylic acids is 2. The molecule has 1 unspecified atom stereocenters. The van der Waals surface area contributed by atoms with Crippen molar-refractivity contribution in [3.63, 3.8) is 0 Å². The summed E-state index contributed by atoms with van der Waals surface area (Å²) in [6.07, 6.45) is 0.672. The van der Waals surface area contributed by atoms with Crippen LogP contribution in [0.3, 0.4) is 0 Å². The number of aliphatic hydroxyl groups excluding tert-OH is 1. The summed E-state index contributed by atoms with van der Waals surface area (Å²) in [5.41, 5.74) is 1.13. The Bertz CT molecular complexity index is 1110. The Kier molecular flexibility index (Phi) is 8.98. The van der Waals surface area contributed by atoms with E-state index in [0.29, 0.717) is 53.9 Å². The van der Waals surface area contributed by atoms with Crippen LogP contribution in [0.2, 0.25) is 0 Å². The van der Waals surface area contributed by atoms with E-state index < -0.39 is 17.7 Å². The minimum atomic E-state index is -0.760. The number of amides is 1. The van der Waals surface area contributed by atoms with Gasteiger partial charge in [-0.1, -0.05) is 19.9 Å². The molecule has 3 rings (SSSR count). The first-order valence-corrected chi connectivity index (χ1v) is 12.1. The maximum absolute atomic E-state index is 13.2. The van der Waals surface area contributed by atoms with Crippen molar-refractivity contribution in [2.45, 2.75) is 26.3 Å². The fraction of sp³-hybridized carbons (Fsp3) is 0.429. The van der Waals surface area contributed by atoms with Crippen molar-refractivity contribution in [1.82, 2.24) is 9.80 Å². The Hall–Kier alpha value is -3.52. The maximum atomic E-state index is 13.2. The Balaban J connectivity index is 2.06. The second-order valence-corrected chi connectivity index (χ2v) is 9.49.